The average Bonchev–Trinajstić information content (AvgIpc) is 2.98. The first-order valence-corrected chi connectivity index (χ1v) is 9.41. The van der Waals surface area contributed by atoms with Crippen LogP contribution in [0.4, 0.5) is 11.6 Å². The number of hydrogen-bond donors (Lipinski definition) is 1. The van der Waals surface area contributed by atoms with Gasteiger partial charge in [-0.05, 0) is 48.4 Å². The molecule has 0 bridgehead atoms. The van der Waals surface area contributed by atoms with E-state index >= 15 is 0 Å². The number of nitrogens with zero attached hydrogens (tertiary/aromatic N) is 2. The van der Waals surface area contributed by atoms with Gasteiger partial charge in [0.25, 0.3) is 0 Å². The molecule has 4 aromatic rings. The number of fused-ring (bicyclic) bond motifs is 1. The van der Waals surface area contributed by atoms with Crippen LogP contribution in [0.5, 0.6) is 0 Å². The maximum atomic E-state index is 6.56. The number of thiocarbonyl (C=S) groups is 1. The van der Waals surface area contributed by atoms with Gasteiger partial charge in [0.1, 0.15) is 0 Å². The average molecular weight is 392 g/mol. The number of benzene rings is 3. The van der Waals surface area contributed by atoms with Gasteiger partial charge in [0.15, 0.2) is 0 Å². The Balaban J connectivity index is 1.64. The third-order valence-corrected chi connectivity index (χ3v) is 5.40. The molecular weight excluding hydrogens is 374 g/mol. The second-order valence-electron chi connectivity index (χ2n) is 6.45. The van der Waals surface area contributed by atoms with Crippen molar-refractivity contribution < 1.29 is 0 Å². The number of halogens is 1. The summed E-state index contributed by atoms with van der Waals surface area (Å²) < 4.78 is 2.02. The van der Waals surface area contributed by atoms with Crippen LogP contribution in [-0.2, 0) is 7.05 Å². The van der Waals surface area contributed by atoms with E-state index < -0.39 is 0 Å². The van der Waals surface area contributed by atoms with Crippen molar-refractivity contribution in [3.63, 3.8) is 0 Å². The largest absolute Gasteiger partial charge is 0.326 e. The molecule has 0 amide bonds. The number of para-hydroxylation sites is 2. The molecule has 4 rings (SSSR count). The zero-order valence-electron chi connectivity index (χ0n) is 15.0. The standard InChI is InChI=1S/C22H18ClN3S/c1-14-7-3-4-8-16(14)21(27)17-12-11-15(13-18(17)23)24-22-25-19-9-5-6-10-20(19)26(22)2/h3-13H,1-2H3,(H,24,25). The van der Waals surface area contributed by atoms with E-state index in [0.29, 0.717) is 5.02 Å². The van der Waals surface area contributed by atoms with Crippen molar-refractivity contribution in [2.45, 2.75) is 6.92 Å². The Hall–Kier alpha value is -2.69. The molecule has 0 aliphatic carbocycles. The summed E-state index contributed by atoms with van der Waals surface area (Å²) in [6.45, 7) is 2.05. The topological polar surface area (TPSA) is 29.9 Å². The van der Waals surface area contributed by atoms with Crippen molar-refractivity contribution in [3.05, 3.63) is 88.4 Å². The second kappa shape index (κ2) is 7.14. The number of anilines is 2. The summed E-state index contributed by atoms with van der Waals surface area (Å²) >= 11 is 12.2. The molecule has 134 valence electrons. The molecule has 0 aliphatic rings. The molecule has 0 fully saturated rings. The van der Waals surface area contributed by atoms with E-state index in [9.17, 15) is 0 Å². The number of imidazole rings is 1. The van der Waals surface area contributed by atoms with Crippen molar-refractivity contribution in [3.8, 4) is 0 Å². The molecule has 0 aliphatic heterocycles. The second-order valence-corrected chi connectivity index (χ2v) is 7.26. The number of hydrogen-bond acceptors (Lipinski definition) is 3. The van der Waals surface area contributed by atoms with Crippen LogP contribution in [0, 0.1) is 6.92 Å². The lowest BCUT2D eigenvalue weighted by molar-refractivity contribution is 0.958. The monoisotopic (exact) mass is 391 g/mol. The Morgan fingerprint density at radius 1 is 1.00 bits per heavy atom. The van der Waals surface area contributed by atoms with Crippen molar-refractivity contribution in [1.82, 2.24) is 9.55 Å². The van der Waals surface area contributed by atoms with Crippen molar-refractivity contribution >= 4 is 51.4 Å². The molecule has 5 heteroatoms. The van der Waals surface area contributed by atoms with Crippen molar-refractivity contribution in [1.29, 1.82) is 0 Å². The Kier molecular flexibility index (Phi) is 4.68. The lowest BCUT2D eigenvalue weighted by Gasteiger charge is -2.12. The molecule has 27 heavy (non-hydrogen) atoms. The van der Waals surface area contributed by atoms with E-state index in [1.54, 1.807) is 0 Å². The first kappa shape index (κ1) is 17.7. The molecule has 3 nitrogen and oxygen atoms in total. The SMILES string of the molecule is Cc1ccccc1C(=S)c1ccc(Nc2nc3ccccc3n2C)cc1Cl. The van der Waals surface area contributed by atoms with Gasteiger partial charge in [-0.15, -0.1) is 0 Å². The van der Waals surface area contributed by atoms with Gasteiger partial charge in [0, 0.05) is 18.3 Å². The number of rotatable bonds is 4. The summed E-state index contributed by atoms with van der Waals surface area (Å²) in [6.07, 6.45) is 0. The molecule has 0 spiro atoms. The third kappa shape index (κ3) is 3.34. The van der Waals surface area contributed by atoms with Crippen LogP contribution in [-0.4, -0.2) is 14.4 Å². The molecular formula is C22H18ClN3S. The summed E-state index contributed by atoms with van der Waals surface area (Å²) in [4.78, 5) is 5.39. The predicted octanol–water partition coefficient (Wildman–Crippen LogP) is 6.05. The van der Waals surface area contributed by atoms with Crippen LogP contribution in [0.15, 0.2) is 66.7 Å². The minimum atomic E-state index is 0.618. The highest BCUT2D eigenvalue weighted by Gasteiger charge is 2.13. The summed E-state index contributed by atoms with van der Waals surface area (Å²) in [6, 6.07) is 21.9. The van der Waals surface area contributed by atoms with Gasteiger partial charge >= 0.3 is 0 Å². The highest BCUT2D eigenvalue weighted by atomic mass is 35.5. The summed E-state index contributed by atoms with van der Waals surface area (Å²) in [5, 5.41) is 3.96. The third-order valence-electron chi connectivity index (χ3n) is 4.65. The Labute approximate surface area is 168 Å². The fourth-order valence-electron chi connectivity index (χ4n) is 3.14. The molecule has 1 N–H and O–H groups in total. The number of aromatic nitrogens is 2. The van der Waals surface area contributed by atoms with E-state index in [1.165, 1.54) is 0 Å². The summed E-state index contributed by atoms with van der Waals surface area (Å²) in [5.41, 5.74) is 5.92. The minimum absolute atomic E-state index is 0.618. The van der Waals surface area contributed by atoms with E-state index in [2.05, 4.69) is 23.3 Å². The van der Waals surface area contributed by atoms with Crippen molar-refractivity contribution in [2.24, 2.45) is 7.05 Å². The normalized spacial score (nSPS) is 10.9. The smallest absolute Gasteiger partial charge is 0.208 e. The minimum Gasteiger partial charge on any atom is -0.326 e. The van der Waals surface area contributed by atoms with Crippen LogP contribution in [0.25, 0.3) is 11.0 Å². The van der Waals surface area contributed by atoms with E-state index in [0.717, 1.165) is 44.2 Å². The number of nitrogens with one attached hydrogen (secondary N) is 1. The van der Waals surface area contributed by atoms with Gasteiger partial charge < -0.3 is 9.88 Å². The van der Waals surface area contributed by atoms with E-state index in [1.807, 2.05) is 72.3 Å². The molecule has 0 saturated heterocycles. The zero-order valence-corrected chi connectivity index (χ0v) is 16.6. The van der Waals surface area contributed by atoms with Gasteiger partial charge in [-0.3, -0.25) is 0 Å². The first-order valence-electron chi connectivity index (χ1n) is 8.63. The van der Waals surface area contributed by atoms with Crippen LogP contribution in [0.3, 0.4) is 0 Å². The van der Waals surface area contributed by atoms with Gasteiger partial charge in [0.2, 0.25) is 5.95 Å². The molecule has 0 unspecified atom stereocenters. The van der Waals surface area contributed by atoms with Crippen LogP contribution < -0.4 is 5.32 Å². The Bertz CT molecular complexity index is 1160. The molecule has 0 saturated carbocycles. The summed E-state index contributed by atoms with van der Waals surface area (Å²) in [5.74, 6) is 0.765. The van der Waals surface area contributed by atoms with Crippen LogP contribution in [0.1, 0.15) is 16.7 Å². The van der Waals surface area contributed by atoms with Crippen LogP contribution >= 0.6 is 23.8 Å². The fourth-order valence-corrected chi connectivity index (χ4v) is 3.87. The maximum absolute atomic E-state index is 6.56. The molecule has 3 aromatic carbocycles. The first-order chi connectivity index (χ1) is 13.0. The Morgan fingerprint density at radius 3 is 2.48 bits per heavy atom. The molecule has 1 heterocycles. The van der Waals surface area contributed by atoms with Gasteiger partial charge in [0.05, 0.1) is 20.9 Å². The van der Waals surface area contributed by atoms with E-state index in [4.69, 9.17) is 23.8 Å². The van der Waals surface area contributed by atoms with Crippen molar-refractivity contribution in [2.75, 3.05) is 5.32 Å². The highest BCUT2D eigenvalue weighted by Crippen LogP contribution is 2.28. The lowest BCUT2D eigenvalue weighted by Crippen LogP contribution is -2.04. The zero-order chi connectivity index (χ0) is 19.0. The van der Waals surface area contributed by atoms with Gasteiger partial charge in [-0.1, -0.05) is 60.2 Å². The van der Waals surface area contributed by atoms with Gasteiger partial charge in [-0.2, -0.15) is 0 Å². The van der Waals surface area contributed by atoms with E-state index in [-0.39, 0.29) is 0 Å². The molecule has 1 aromatic heterocycles. The predicted molar refractivity (Wildman–Crippen MR) is 117 cm³/mol. The molecule has 0 radical (unpaired) electrons. The molecule has 0 atom stereocenters. The number of aryl methyl sites for hydroxylation is 2. The lowest BCUT2D eigenvalue weighted by atomic mass is 10.00. The maximum Gasteiger partial charge on any atom is 0.208 e. The Morgan fingerprint density at radius 2 is 1.74 bits per heavy atom. The quantitative estimate of drug-likeness (QED) is 0.339. The van der Waals surface area contributed by atoms with Crippen LogP contribution in [0.2, 0.25) is 5.02 Å². The fraction of sp³-hybridized carbons (Fsp3) is 0.0909. The highest BCUT2D eigenvalue weighted by molar-refractivity contribution is 7.81. The summed E-state index contributed by atoms with van der Waals surface area (Å²) in [7, 11) is 1.99. The van der Waals surface area contributed by atoms with Gasteiger partial charge in [-0.25, -0.2) is 4.98 Å².